The molecule has 9 heteroatoms. The van der Waals surface area contributed by atoms with Crippen LogP contribution < -0.4 is 15.5 Å². The fourth-order valence-electron chi connectivity index (χ4n) is 4.58. The Morgan fingerprint density at radius 1 is 1.17 bits per heavy atom. The molecule has 3 aromatic rings. The van der Waals surface area contributed by atoms with Crippen molar-refractivity contribution >= 4 is 17.4 Å². The third kappa shape index (κ3) is 5.53. The average Bonchev–Trinajstić information content (AvgIpc) is 2.94. The minimum Gasteiger partial charge on any atom is -0.392 e. The van der Waals surface area contributed by atoms with E-state index in [0.717, 1.165) is 30.5 Å². The molecule has 2 fully saturated rings. The standard InChI is InChI=1S/C27H30FN5O3/c28-23-7-6-21(30-27(35)20-5-2-8-29-16-20)14-22(23)24-15-25(33-9-11-36-12-10-33)32-26(31-24)19-4-1-3-18(13-19)17-34/h1,3-4,6-7,13-15,20,29,34H,2,5,8-12,16-17H2,(H,30,35). The quantitative estimate of drug-likeness (QED) is 0.487. The molecule has 8 nitrogen and oxygen atoms in total. The Kier molecular flexibility index (Phi) is 7.50. The minimum absolute atomic E-state index is 0.0713. The van der Waals surface area contributed by atoms with Gasteiger partial charge in [0.2, 0.25) is 5.91 Å². The zero-order valence-corrected chi connectivity index (χ0v) is 20.0. The molecular formula is C27H30FN5O3. The first kappa shape index (κ1) is 24.3. The summed E-state index contributed by atoms with van der Waals surface area (Å²) >= 11 is 0. The van der Waals surface area contributed by atoms with Crippen molar-refractivity contribution in [2.45, 2.75) is 19.4 Å². The zero-order chi connectivity index (χ0) is 24.9. The number of hydrogen-bond donors (Lipinski definition) is 3. The van der Waals surface area contributed by atoms with Crippen LogP contribution in [0.15, 0.2) is 48.5 Å². The predicted molar refractivity (Wildman–Crippen MR) is 136 cm³/mol. The van der Waals surface area contributed by atoms with Crippen LogP contribution in [0.1, 0.15) is 18.4 Å². The Morgan fingerprint density at radius 2 is 2.03 bits per heavy atom. The topological polar surface area (TPSA) is 99.6 Å². The second-order valence-electron chi connectivity index (χ2n) is 9.12. The van der Waals surface area contributed by atoms with Crippen LogP contribution in [0.4, 0.5) is 15.9 Å². The number of piperidine rings is 1. The third-order valence-corrected chi connectivity index (χ3v) is 6.59. The fourth-order valence-corrected chi connectivity index (χ4v) is 4.58. The molecule has 2 aliphatic rings. The first-order chi connectivity index (χ1) is 17.6. The van der Waals surface area contributed by atoms with Gasteiger partial charge >= 0.3 is 0 Å². The van der Waals surface area contributed by atoms with E-state index in [1.807, 2.05) is 24.3 Å². The van der Waals surface area contributed by atoms with Crippen LogP contribution in [-0.4, -0.2) is 60.4 Å². The fraction of sp³-hybridized carbons (Fsp3) is 0.370. The second-order valence-corrected chi connectivity index (χ2v) is 9.12. The number of benzene rings is 2. The van der Waals surface area contributed by atoms with Gasteiger partial charge in [-0.15, -0.1) is 0 Å². The highest BCUT2D eigenvalue weighted by Gasteiger charge is 2.22. The molecule has 0 radical (unpaired) electrons. The number of anilines is 2. The number of amides is 1. The van der Waals surface area contributed by atoms with Crippen LogP contribution >= 0.6 is 0 Å². The van der Waals surface area contributed by atoms with Crippen molar-refractivity contribution in [1.29, 1.82) is 0 Å². The predicted octanol–water partition coefficient (Wildman–Crippen LogP) is 3.22. The van der Waals surface area contributed by atoms with Crippen molar-refractivity contribution in [1.82, 2.24) is 15.3 Å². The summed E-state index contributed by atoms with van der Waals surface area (Å²) in [5.74, 6) is 0.498. The van der Waals surface area contributed by atoms with E-state index in [1.54, 1.807) is 18.2 Å². The number of morpholine rings is 1. The summed E-state index contributed by atoms with van der Waals surface area (Å²) in [5, 5.41) is 15.8. The van der Waals surface area contributed by atoms with Gasteiger partial charge in [0.05, 0.1) is 31.4 Å². The SMILES string of the molecule is O=C(Nc1ccc(F)c(-c2cc(N3CCOCC3)nc(-c3cccc(CO)c3)n2)c1)C1CCCNC1. The summed E-state index contributed by atoms with van der Waals surface area (Å²) < 4.78 is 20.6. The molecule has 188 valence electrons. The molecule has 1 atom stereocenters. The minimum atomic E-state index is -0.436. The number of aliphatic hydroxyl groups is 1. The number of ether oxygens (including phenoxy) is 1. The van der Waals surface area contributed by atoms with E-state index in [-0.39, 0.29) is 24.0 Å². The number of carbonyl (C=O) groups is 1. The normalized spacial score (nSPS) is 18.2. The van der Waals surface area contributed by atoms with Gasteiger partial charge in [0, 0.05) is 42.5 Å². The molecule has 1 unspecified atom stereocenters. The van der Waals surface area contributed by atoms with Gasteiger partial charge in [-0.2, -0.15) is 0 Å². The van der Waals surface area contributed by atoms with Crippen LogP contribution in [0.25, 0.3) is 22.6 Å². The zero-order valence-electron chi connectivity index (χ0n) is 20.0. The molecule has 3 N–H and O–H groups in total. The van der Waals surface area contributed by atoms with Crippen LogP contribution in [0.5, 0.6) is 0 Å². The smallest absolute Gasteiger partial charge is 0.228 e. The molecule has 5 rings (SSSR count). The van der Waals surface area contributed by atoms with E-state index in [9.17, 15) is 9.90 Å². The molecule has 3 heterocycles. The number of carbonyl (C=O) groups excluding carboxylic acids is 1. The maximum absolute atomic E-state index is 15.1. The number of aliphatic hydroxyl groups excluding tert-OH is 1. The number of nitrogens with zero attached hydrogens (tertiary/aromatic N) is 3. The van der Waals surface area contributed by atoms with Crippen LogP contribution in [-0.2, 0) is 16.1 Å². The summed E-state index contributed by atoms with van der Waals surface area (Å²) in [5.41, 5.74) is 2.70. The Morgan fingerprint density at radius 3 is 2.81 bits per heavy atom. The lowest BCUT2D eigenvalue weighted by atomic mass is 9.98. The van der Waals surface area contributed by atoms with E-state index in [2.05, 4.69) is 15.5 Å². The lowest BCUT2D eigenvalue weighted by Crippen LogP contribution is -2.37. The van der Waals surface area contributed by atoms with Crippen molar-refractivity contribution in [3.05, 3.63) is 59.9 Å². The summed E-state index contributed by atoms with van der Waals surface area (Å²) in [6.07, 6.45) is 1.79. The largest absolute Gasteiger partial charge is 0.392 e. The molecule has 2 aliphatic heterocycles. The van der Waals surface area contributed by atoms with Crippen LogP contribution in [0.2, 0.25) is 0 Å². The lowest BCUT2D eigenvalue weighted by Gasteiger charge is -2.28. The van der Waals surface area contributed by atoms with Crippen LogP contribution in [0.3, 0.4) is 0 Å². The lowest BCUT2D eigenvalue weighted by molar-refractivity contribution is -0.120. The Balaban J connectivity index is 1.52. The van der Waals surface area contributed by atoms with E-state index in [1.165, 1.54) is 6.07 Å². The van der Waals surface area contributed by atoms with Gasteiger partial charge in [-0.1, -0.05) is 18.2 Å². The maximum Gasteiger partial charge on any atom is 0.228 e. The van der Waals surface area contributed by atoms with E-state index in [0.29, 0.717) is 55.9 Å². The Labute approximate surface area is 209 Å². The number of nitrogens with one attached hydrogen (secondary N) is 2. The van der Waals surface area contributed by atoms with Crippen molar-refractivity contribution in [2.75, 3.05) is 49.6 Å². The molecule has 0 bridgehead atoms. The van der Waals surface area contributed by atoms with Gasteiger partial charge in [0.25, 0.3) is 0 Å². The highest BCUT2D eigenvalue weighted by molar-refractivity contribution is 5.93. The van der Waals surface area contributed by atoms with Gasteiger partial charge in [-0.25, -0.2) is 14.4 Å². The number of halogens is 1. The van der Waals surface area contributed by atoms with Gasteiger partial charge in [-0.3, -0.25) is 4.79 Å². The maximum atomic E-state index is 15.1. The first-order valence-electron chi connectivity index (χ1n) is 12.3. The average molecular weight is 492 g/mol. The summed E-state index contributed by atoms with van der Waals surface area (Å²) in [6, 6.07) is 13.7. The second kappa shape index (κ2) is 11.1. The van der Waals surface area contributed by atoms with Crippen LogP contribution in [0, 0.1) is 11.7 Å². The Hall–Kier alpha value is -3.40. The molecular weight excluding hydrogens is 461 g/mol. The molecule has 0 saturated carbocycles. The molecule has 2 saturated heterocycles. The van der Waals surface area contributed by atoms with Gasteiger partial charge < -0.3 is 25.4 Å². The van der Waals surface area contributed by atoms with E-state index < -0.39 is 5.82 Å². The highest BCUT2D eigenvalue weighted by atomic mass is 19.1. The molecule has 2 aromatic carbocycles. The van der Waals surface area contributed by atoms with Gasteiger partial charge in [0.1, 0.15) is 11.6 Å². The van der Waals surface area contributed by atoms with Crippen molar-refractivity contribution < 1.29 is 19.0 Å². The number of aromatic nitrogens is 2. The van der Waals surface area contributed by atoms with Crippen molar-refractivity contribution in [3.8, 4) is 22.6 Å². The van der Waals surface area contributed by atoms with Crippen molar-refractivity contribution in [2.24, 2.45) is 5.92 Å². The molecule has 0 aliphatic carbocycles. The summed E-state index contributed by atoms with van der Waals surface area (Å²) in [4.78, 5) is 24.3. The monoisotopic (exact) mass is 491 g/mol. The highest BCUT2D eigenvalue weighted by Crippen LogP contribution is 2.30. The molecule has 0 spiro atoms. The molecule has 1 aromatic heterocycles. The number of rotatable bonds is 6. The van der Waals surface area contributed by atoms with Gasteiger partial charge in [0.15, 0.2) is 5.82 Å². The number of hydrogen-bond acceptors (Lipinski definition) is 7. The summed E-state index contributed by atoms with van der Waals surface area (Å²) in [6.45, 7) is 3.97. The summed E-state index contributed by atoms with van der Waals surface area (Å²) in [7, 11) is 0. The van der Waals surface area contributed by atoms with Gasteiger partial charge in [-0.05, 0) is 49.2 Å². The Bertz CT molecular complexity index is 1230. The molecule has 36 heavy (non-hydrogen) atoms. The van der Waals surface area contributed by atoms with Crippen molar-refractivity contribution in [3.63, 3.8) is 0 Å². The van der Waals surface area contributed by atoms with E-state index >= 15 is 4.39 Å². The first-order valence-corrected chi connectivity index (χ1v) is 12.3. The third-order valence-electron chi connectivity index (χ3n) is 6.59. The molecule has 1 amide bonds. The van der Waals surface area contributed by atoms with E-state index in [4.69, 9.17) is 14.7 Å².